The van der Waals surface area contributed by atoms with Gasteiger partial charge in [0.25, 0.3) is 5.91 Å². The Morgan fingerprint density at radius 3 is 2.64 bits per heavy atom. The number of carbonyl (C=O) groups excluding carboxylic acids is 2. The molecule has 0 aliphatic carbocycles. The van der Waals surface area contributed by atoms with Crippen LogP contribution in [-0.4, -0.2) is 66.0 Å². The second kappa shape index (κ2) is 7.84. The van der Waals surface area contributed by atoms with Crippen LogP contribution in [0.5, 0.6) is 5.75 Å². The minimum Gasteiger partial charge on any atom is -0.482 e. The predicted octanol–water partition coefficient (Wildman–Crippen LogP) is 1.25. The van der Waals surface area contributed by atoms with Crippen LogP contribution in [0.2, 0.25) is 0 Å². The van der Waals surface area contributed by atoms with Crippen LogP contribution >= 0.6 is 0 Å². The highest BCUT2D eigenvalue weighted by atomic mass is 16.5. The van der Waals surface area contributed by atoms with Gasteiger partial charge in [-0.25, -0.2) is 9.97 Å². The Kier molecular flexibility index (Phi) is 5.10. The summed E-state index contributed by atoms with van der Waals surface area (Å²) in [7, 11) is 0. The van der Waals surface area contributed by atoms with Gasteiger partial charge in [-0.1, -0.05) is 6.07 Å². The lowest BCUT2D eigenvalue weighted by Crippen LogP contribution is -2.50. The fraction of sp³-hybridized carbons (Fsp3) is 0.400. The lowest BCUT2D eigenvalue weighted by atomic mass is 10.1. The zero-order valence-electron chi connectivity index (χ0n) is 15.9. The Hall–Kier alpha value is -3.16. The minimum absolute atomic E-state index is 0.0139. The summed E-state index contributed by atoms with van der Waals surface area (Å²) >= 11 is 0. The molecule has 0 spiro atoms. The van der Waals surface area contributed by atoms with Crippen molar-refractivity contribution in [1.82, 2.24) is 14.9 Å². The van der Waals surface area contributed by atoms with Crippen molar-refractivity contribution >= 4 is 23.5 Å². The van der Waals surface area contributed by atoms with E-state index in [1.54, 1.807) is 23.4 Å². The second-order valence-electron chi connectivity index (χ2n) is 6.97. The van der Waals surface area contributed by atoms with E-state index in [9.17, 15) is 9.59 Å². The van der Waals surface area contributed by atoms with Crippen molar-refractivity contribution in [3.05, 3.63) is 42.2 Å². The molecule has 2 aliphatic rings. The van der Waals surface area contributed by atoms with Gasteiger partial charge in [0.05, 0.1) is 5.69 Å². The molecule has 0 atom stereocenters. The maximum absolute atomic E-state index is 12.7. The van der Waals surface area contributed by atoms with E-state index in [0.29, 0.717) is 50.8 Å². The number of amides is 2. The second-order valence-corrected chi connectivity index (χ2v) is 6.97. The summed E-state index contributed by atoms with van der Waals surface area (Å²) in [4.78, 5) is 39.1. The van der Waals surface area contributed by atoms with Gasteiger partial charge in [-0.15, -0.1) is 0 Å². The third-order valence-corrected chi connectivity index (χ3v) is 5.07. The number of ether oxygens (including phenoxy) is 1. The Morgan fingerprint density at radius 2 is 1.89 bits per heavy atom. The Labute approximate surface area is 163 Å². The van der Waals surface area contributed by atoms with Crippen molar-refractivity contribution in [2.75, 3.05) is 49.1 Å². The molecule has 0 radical (unpaired) electrons. The molecule has 2 aromatic rings. The first-order chi connectivity index (χ1) is 13.6. The SMILES string of the molecule is Cc1ccc2c(c1)N(CCC(=O)N1CCN(c3ncccn3)CC1)C(=O)CO2. The molecular formula is C20H23N5O3. The number of benzene rings is 1. The van der Waals surface area contributed by atoms with Gasteiger partial charge in [-0.05, 0) is 30.7 Å². The van der Waals surface area contributed by atoms with Gasteiger partial charge in [0.15, 0.2) is 6.61 Å². The van der Waals surface area contributed by atoms with Crippen LogP contribution in [0.25, 0.3) is 0 Å². The molecule has 2 amide bonds. The van der Waals surface area contributed by atoms with E-state index >= 15 is 0 Å². The number of rotatable bonds is 4. The molecule has 0 unspecified atom stereocenters. The van der Waals surface area contributed by atoms with Crippen LogP contribution in [-0.2, 0) is 9.59 Å². The van der Waals surface area contributed by atoms with Crippen LogP contribution in [0.1, 0.15) is 12.0 Å². The van der Waals surface area contributed by atoms with Crippen molar-refractivity contribution in [3.63, 3.8) is 0 Å². The summed E-state index contributed by atoms with van der Waals surface area (Å²) in [6.07, 6.45) is 3.73. The summed E-state index contributed by atoms with van der Waals surface area (Å²) in [6.45, 7) is 5.01. The predicted molar refractivity (Wildman–Crippen MR) is 104 cm³/mol. The molecular weight excluding hydrogens is 358 g/mol. The summed E-state index contributed by atoms with van der Waals surface area (Å²) < 4.78 is 5.49. The molecule has 28 heavy (non-hydrogen) atoms. The van der Waals surface area contributed by atoms with Gasteiger partial charge in [0, 0.05) is 51.5 Å². The quantitative estimate of drug-likeness (QED) is 0.793. The Bertz CT molecular complexity index is 865. The van der Waals surface area contributed by atoms with Crippen LogP contribution in [0.3, 0.4) is 0 Å². The Balaban J connectivity index is 1.34. The molecule has 146 valence electrons. The van der Waals surface area contributed by atoms with Gasteiger partial charge < -0.3 is 19.4 Å². The maximum atomic E-state index is 12.7. The van der Waals surface area contributed by atoms with E-state index in [1.165, 1.54) is 0 Å². The number of hydrogen-bond acceptors (Lipinski definition) is 6. The number of fused-ring (bicyclic) bond motifs is 1. The highest BCUT2D eigenvalue weighted by Crippen LogP contribution is 2.32. The largest absolute Gasteiger partial charge is 0.482 e. The first kappa shape index (κ1) is 18.2. The number of hydrogen-bond donors (Lipinski definition) is 0. The zero-order chi connectivity index (χ0) is 19.5. The summed E-state index contributed by atoms with van der Waals surface area (Å²) in [5.74, 6) is 1.33. The average Bonchev–Trinajstić information content (AvgIpc) is 2.73. The summed E-state index contributed by atoms with van der Waals surface area (Å²) in [5, 5.41) is 0. The van der Waals surface area contributed by atoms with Gasteiger partial charge in [-0.3, -0.25) is 9.59 Å². The van der Waals surface area contributed by atoms with Crippen molar-refractivity contribution in [1.29, 1.82) is 0 Å². The monoisotopic (exact) mass is 381 g/mol. The van der Waals surface area contributed by atoms with Crippen molar-refractivity contribution in [2.45, 2.75) is 13.3 Å². The summed E-state index contributed by atoms with van der Waals surface area (Å²) in [5.41, 5.74) is 1.79. The molecule has 8 nitrogen and oxygen atoms in total. The minimum atomic E-state index is -0.114. The third kappa shape index (κ3) is 3.76. The number of aromatic nitrogens is 2. The molecule has 2 aliphatic heterocycles. The lowest BCUT2D eigenvalue weighted by molar-refractivity contribution is -0.131. The highest BCUT2D eigenvalue weighted by molar-refractivity contribution is 5.98. The normalized spacial score (nSPS) is 16.6. The third-order valence-electron chi connectivity index (χ3n) is 5.07. The van der Waals surface area contributed by atoms with Gasteiger partial charge in [0.1, 0.15) is 5.75 Å². The molecule has 3 heterocycles. The van der Waals surface area contributed by atoms with Gasteiger partial charge in [-0.2, -0.15) is 0 Å². The molecule has 1 aromatic heterocycles. The molecule has 1 aromatic carbocycles. The van der Waals surface area contributed by atoms with Gasteiger partial charge >= 0.3 is 0 Å². The Morgan fingerprint density at radius 1 is 1.14 bits per heavy atom. The van der Waals surface area contributed by atoms with E-state index in [-0.39, 0.29) is 18.4 Å². The first-order valence-electron chi connectivity index (χ1n) is 9.45. The smallest absolute Gasteiger partial charge is 0.265 e. The number of piperazine rings is 1. The van der Waals surface area contributed by atoms with Crippen LogP contribution < -0.4 is 14.5 Å². The number of aryl methyl sites for hydroxylation is 1. The standard InChI is InChI=1S/C20H23N5O3/c1-15-3-4-17-16(13-15)25(19(27)14-28-17)8-5-18(26)23-9-11-24(12-10-23)20-21-6-2-7-22-20/h2-4,6-7,13H,5,8-12,14H2,1H3. The van der Waals surface area contributed by atoms with E-state index in [0.717, 1.165) is 11.3 Å². The average molecular weight is 381 g/mol. The fourth-order valence-corrected chi connectivity index (χ4v) is 3.53. The maximum Gasteiger partial charge on any atom is 0.265 e. The van der Waals surface area contributed by atoms with Crippen molar-refractivity contribution in [2.24, 2.45) is 0 Å². The molecule has 0 N–H and O–H groups in total. The lowest BCUT2D eigenvalue weighted by Gasteiger charge is -2.35. The highest BCUT2D eigenvalue weighted by Gasteiger charge is 2.28. The van der Waals surface area contributed by atoms with E-state index in [2.05, 4.69) is 14.9 Å². The number of anilines is 2. The first-order valence-corrected chi connectivity index (χ1v) is 9.45. The molecule has 8 heteroatoms. The molecule has 0 bridgehead atoms. The molecule has 1 fully saturated rings. The van der Waals surface area contributed by atoms with E-state index < -0.39 is 0 Å². The molecule has 0 saturated carbocycles. The summed E-state index contributed by atoms with van der Waals surface area (Å²) in [6, 6.07) is 7.54. The molecule has 4 rings (SSSR count). The van der Waals surface area contributed by atoms with Crippen LogP contribution in [0.4, 0.5) is 11.6 Å². The zero-order valence-corrected chi connectivity index (χ0v) is 15.9. The van der Waals surface area contributed by atoms with E-state index in [1.807, 2.05) is 30.0 Å². The van der Waals surface area contributed by atoms with Crippen molar-refractivity contribution in [3.8, 4) is 5.75 Å². The number of nitrogens with zero attached hydrogens (tertiary/aromatic N) is 5. The van der Waals surface area contributed by atoms with Crippen LogP contribution in [0.15, 0.2) is 36.7 Å². The topological polar surface area (TPSA) is 78.9 Å². The number of carbonyl (C=O) groups is 2. The molecule has 1 saturated heterocycles. The van der Waals surface area contributed by atoms with Gasteiger partial charge in [0.2, 0.25) is 11.9 Å². The van der Waals surface area contributed by atoms with E-state index in [4.69, 9.17) is 4.74 Å². The van der Waals surface area contributed by atoms with Crippen molar-refractivity contribution < 1.29 is 14.3 Å². The van der Waals surface area contributed by atoms with Crippen LogP contribution in [0, 0.1) is 6.92 Å². The fourth-order valence-electron chi connectivity index (χ4n) is 3.53.